The van der Waals surface area contributed by atoms with E-state index in [9.17, 15) is 4.79 Å². The van der Waals surface area contributed by atoms with Crippen molar-refractivity contribution in [3.8, 4) is 17.2 Å². The quantitative estimate of drug-likeness (QED) is 0.801. The number of rotatable bonds is 4. The summed E-state index contributed by atoms with van der Waals surface area (Å²) in [5, 5.41) is 0. The third kappa shape index (κ3) is 2.32. The Bertz CT molecular complexity index is 631. The van der Waals surface area contributed by atoms with Gasteiger partial charge in [0.2, 0.25) is 6.79 Å². The fourth-order valence-electron chi connectivity index (χ4n) is 2.07. The van der Waals surface area contributed by atoms with Crippen molar-refractivity contribution >= 4 is 5.78 Å². The lowest BCUT2D eigenvalue weighted by Gasteiger charge is -2.05. The molecule has 2 aromatic carbocycles. The summed E-state index contributed by atoms with van der Waals surface area (Å²) in [7, 11) is 0. The van der Waals surface area contributed by atoms with Crippen LogP contribution >= 0.6 is 0 Å². The highest BCUT2D eigenvalue weighted by atomic mass is 16.7. The average Bonchev–Trinajstić information content (AvgIpc) is 2.95. The van der Waals surface area contributed by atoms with Crippen LogP contribution in [0, 0.1) is 0 Å². The summed E-state index contributed by atoms with van der Waals surface area (Å²) in [5.74, 6) is 2.00. The molecule has 0 bridgehead atoms. The van der Waals surface area contributed by atoms with Gasteiger partial charge < -0.3 is 14.2 Å². The van der Waals surface area contributed by atoms with Crippen LogP contribution in [0.25, 0.3) is 0 Å². The zero-order valence-corrected chi connectivity index (χ0v) is 11.1. The fourth-order valence-corrected chi connectivity index (χ4v) is 2.07. The van der Waals surface area contributed by atoms with Crippen LogP contribution in [-0.4, -0.2) is 19.2 Å². The Kier molecular flexibility index (Phi) is 3.29. The molecule has 0 aromatic heterocycles. The van der Waals surface area contributed by atoms with Gasteiger partial charge in [0.05, 0.1) is 6.61 Å². The van der Waals surface area contributed by atoms with Crippen molar-refractivity contribution in [3.63, 3.8) is 0 Å². The maximum atomic E-state index is 12.4. The van der Waals surface area contributed by atoms with Crippen molar-refractivity contribution in [2.75, 3.05) is 13.4 Å². The Morgan fingerprint density at radius 3 is 2.50 bits per heavy atom. The molecule has 102 valence electrons. The third-order valence-electron chi connectivity index (χ3n) is 3.06. The van der Waals surface area contributed by atoms with Crippen LogP contribution in [0.15, 0.2) is 42.5 Å². The molecule has 0 fully saturated rings. The van der Waals surface area contributed by atoms with Crippen LogP contribution in [0.3, 0.4) is 0 Å². The van der Waals surface area contributed by atoms with Gasteiger partial charge in [-0.1, -0.05) is 0 Å². The predicted octanol–water partition coefficient (Wildman–Crippen LogP) is 3.05. The van der Waals surface area contributed by atoms with Gasteiger partial charge in [-0.25, -0.2) is 0 Å². The molecule has 1 aliphatic heterocycles. The molecule has 0 radical (unpaired) electrons. The number of fused-ring (bicyclic) bond motifs is 1. The summed E-state index contributed by atoms with van der Waals surface area (Å²) >= 11 is 0. The first-order chi connectivity index (χ1) is 9.78. The van der Waals surface area contributed by atoms with E-state index < -0.39 is 0 Å². The zero-order chi connectivity index (χ0) is 13.9. The van der Waals surface area contributed by atoms with Crippen LogP contribution < -0.4 is 14.2 Å². The largest absolute Gasteiger partial charge is 0.494 e. The maximum Gasteiger partial charge on any atom is 0.231 e. The van der Waals surface area contributed by atoms with Crippen molar-refractivity contribution in [2.45, 2.75) is 6.92 Å². The molecule has 0 aliphatic carbocycles. The number of ketones is 1. The molecule has 1 aliphatic rings. The minimum absolute atomic E-state index is 0.0497. The van der Waals surface area contributed by atoms with E-state index in [1.165, 1.54) is 0 Å². The third-order valence-corrected chi connectivity index (χ3v) is 3.06. The molecule has 0 spiro atoms. The van der Waals surface area contributed by atoms with Crippen LogP contribution in [0.1, 0.15) is 22.8 Å². The Balaban J connectivity index is 1.84. The predicted molar refractivity (Wildman–Crippen MR) is 73.6 cm³/mol. The Morgan fingerprint density at radius 2 is 1.75 bits per heavy atom. The molecule has 4 heteroatoms. The molecule has 0 saturated carbocycles. The van der Waals surface area contributed by atoms with Gasteiger partial charge in [0, 0.05) is 11.1 Å². The summed E-state index contributed by atoms with van der Waals surface area (Å²) in [5.41, 5.74) is 1.20. The normalized spacial score (nSPS) is 12.2. The van der Waals surface area contributed by atoms with E-state index in [1.54, 1.807) is 42.5 Å². The molecular weight excluding hydrogens is 256 g/mol. The van der Waals surface area contributed by atoms with E-state index in [1.807, 2.05) is 6.92 Å². The van der Waals surface area contributed by atoms with E-state index in [4.69, 9.17) is 14.2 Å². The minimum Gasteiger partial charge on any atom is -0.494 e. The Morgan fingerprint density at radius 1 is 1.05 bits per heavy atom. The number of hydrogen-bond acceptors (Lipinski definition) is 4. The molecule has 0 unspecified atom stereocenters. The summed E-state index contributed by atoms with van der Waals surface area (Å²) in [6.07, 6.45) is 0. The lowest BCUT2D eigenvalue weighted by atomic mass is 10.0. The second-order valence-corrected chi connectivity index (χ2v) is 4.35. The first-order valence-corrected chi connectivity index (χ1v) is 6.45. The Hall–Kier alpha value is -2.49. The molecule has 4 nitrogen and oxygen atoms in total. The van der Waals surface area contributed by atoms with Crippen molar-refractivity contribution in [2.24, 2.45) is 0 Å². The van der Waals surface area contributed by atoms with Gasteiger partial charge in [-0.3, -0.25) is 4.79 Å². The summed E-state index contributed by atoms with van der Waals surface area (Å²) in [6.45, 7) is 2.73. The molecular formula is C16H14O4. The highest BCUT2D eigenvalue weighted by Crippen LogP contribution is 2.33. The SMILES string of the molecule is CCOc1ccc(C(=O)c2ccc3c(c2)OCO3)cc1. The maximum absolute atomic E-state index is 12.4. The molecule has 0 saturated heterocycles. The van der Waals surface area contributed by atoms with E-state index in [-0.39, 0.29) is 12.6 Å². The van der Waals surface area contributed by atoms with Gasteiger partial charge in [-0.05, 0) is 49.4 Å². The molecule has 3 rings (SSSR count). The van der Waals surface area contributed by atoms with Gasteiger partial charge >= 0.3 is 0 Å². The number of benzene rings is 2. The van der Waals surface area contributed by atoms with Gasteiger partial charge in [-0.2, -0.15) is 0 Å². The zero-order valence-electron chi connectivity index (χ0n) is 11.1. The topological polar surface area (TPSA) is 44.8 Å². The summed E-state index contributed by atoms with van der Waals surface area (Å²) < 4.78 is 15.9. The van der Waals surface area contributed by atoms with Crippen molar-refractivity contribution in [3.05, 3.63) is 53.6 Å². The highest BCUT2D eigenvalue weighted by Gasteiger charge is 2.17. The molecule has 0 atom stereocenters. The average molecular weight is 270 g/mol. The van der Waals surface area contributed by atoms with E-state index >= 15 is 0 Å². The Labute approximate surface area is 116 Å². The number of hydrogen-bond donors (Lipinski definition) is 0. The van der Waals surface area contributed by atoms with E-state index in [0.29, 0.717) is 29.2 Å². The van der Waals surface area contributed by atoms with Crippen LogP contribution in [-0.2, 0) is 0 Å². The smallest absolute Gasteiger partial charge is 0.231 e. The van der Waals surface area contributed by atoms with Crippen molar-refractivity contribution in [1.82, 2.24) is 0 Å². The van der Waals surface area contributed by atoms with Crippen molar-refractivity contribution in [1.29, 1.82) is 0 Å². The summed E-state index contributed by atoms with van der Waals surface area (Å²) in [4.78, 5) is 12.4. The lowest BCUT2D eigenvalue weighted by molar-refractivity contribution is 0.103. The van der Waals surface area contributed by atoms with Crippen LogP contribution in [0.5, 0.6) is 17.2 Å². The van der Waals surface area contributed by atoms with Crippen LogP contribution in [0.4, 0.5) is 0 Å². The lowest BCUT2D eigenvalue weighted by Crippen LogP contribution is -2.01. The monoisotopic (exact) mass is 270 g/mol. The van der Waals surface area contributed by atoms with E-state index in [0.717, 1.165) is 5.75 Å². The second kappa shape index (κ2) is 5.25. The van der Waals surface area contributed by atoms with Gasteiger partial charge in [0.1, 0.15) is 5.75 Å². The van der Waals surface area contributed by atoms with Gasteiger partial charge in [0.25, 0.3) is 0 Å². The summed E-state index contributed by atoms with van der Waals surface area (Å²) in [6, 6.07) is 12.3. The molecule has 0 amide bonds. The first-order valence-electron chi connectivity index (χ1n) is 6.45. The fraction of sp³-hybridized carbons (Fsp3) is 0.188. The highest BCUT2D eigenvalue weighted by molar-refractivity contribution is 6.09. The molecule has 2 aromatic rings. The van der Waals surface area contributed by atoms with Crippen molar-refractivity contribution < 1.29 is 19.0 Å². The molecule has 1 heterocycles. The van der Waals surface area contributed by atoms with Crippen LogP contribution in [0.2, 0.25) is 0 Å². The second-order valence-electron chi connectivity index (χ2n) is 4.35. The van der Waals surface area contributed by atoms with E-state index in [2.05, 4.69) is 0 Å². The molecule has 20 heavy (non-hydrogen) atoms. The number of carbonyl (C=O) groups is 1. The first kappa shape index (κ1) is 12.5. The van der Waals surface area contributed by atoms with Gasteiger partial charge in [-0.15, -0.1) is 0 Å². The van der Waals surface area contributed by atoms with Gasteiger partial charge in [0.15, 0.2) is 17.3 Å². The minimum atomic E-state index is -0.0497. The standard InChI is InChI=1S/C16H14O4/c1-2-18-13-6-3-11(4-7-13)16(17)12-5-8-14-15(9-12)20-10-19-14/h3-9H,2,10H2,1H3. The number of carbonyl (C=O) groups excluding carboxylic acids is 1. The molecule has 0 N–H and O–H groups in total. The number of ether oxygens (including phenoxy) is 3.